The number of fused-ring (bicyclic) bond motifs is 1. The lowest BCUT2D eigenvalue weighted by molar-refractivity contribution is -0.137. The van der Waals surface area contributed by atoms with E-state index < -0.39 is 11.7 Å². The molecule has 0 atom stereocenters. The molecule has 28 heavy (non-hydrogen) atoms. The van der Waals surface area contributed by atoms with Gasteiger partial charge in [-0.15, -0.1) is 24.0 Å². The van der Waals surface area contributed by atoms with Gasteiger partial charge in [0.05, 0.1) is 17.0 Å². The molecular weight excluding hydrogens is 410 g/mol. The maximum absolute atomic E-state index is 13.0. The van der Waals surface area contributed by atoms with Crippen LogP contribution in [0.4, 0.5) is 24.7 Å². The molecule has 3 nitrogen and oxygen atoms in total. The molecule has 0 unspecified atom stereocenters. The summed E-state index contributed by atoms with van der Waals surface area (Å²) in [6.07, 6.45) is -4.43. The van der Waals surface area contributed by atoms with Gasteiger partial charge in [0.2, 0.25) is 0 Å². The Labute approximate surface area is 172 Å². The molecule has 0 fully saturated rings. The fraction of sp³-hybridized carbons (Fsp3) is 0.300. The topological polar surface area (TPSA) is 37.8 Å². The van der Waals surface area contributed by atoms with Crippen molar-refractivity contribution in [1.82, 2.24) is 9.97 Å². The molecule has 0 radical (unpaired) electrons. The molecule has 0 saturated heterocycles. The standard InChI is InChI=1S/C20H19ClF3N3.ClH/c1-19(2,3)12-4-7-14(8-5-12)25-18-15-9-6-13(20(22,23)24)10-16(15)26-17(11-21)27-18;/h4-10H,11H2,1-3H3,(H,25,26,27);1H. The van der Waals surface area contributed by atoms with Crippen molar-refractivity contribution in [3.05, 3.63) is 59.4 Å². The van der Waals surface area contributed by atoms with Gasteiger partial charge in [-0.05, 0) is 41.3 Å². The molecule has 0 spiro atoms. The minimum Gasteiger partial charge on any atom is -0.340 e. The van der Waals surface area contributed by atoms with E-state index in [0.717, 1.165) is 17.8 Å². The molecule has 0 bridgehead atoms. The summed E-state index contributed by atoms with van der Waals surface area (Å²) in [4.78, 5) is 8.48. The molecule has 0 aliphatic carbocycles. The third-order valence-electron chi connectivity index (χ3n) is 4.20. The second-order valence-corrected chi connectivity index (χ2v) is 7.57. The molecule has 0 aliphatic rings. The summed E-state index contributed by atoms with van der Waals surface area (Å²) in [5.41, 5.74) is 1.43. The van der Waals surface area contributed by atoms with Gasteiger partial charge in [-0.1, -0.05) is 32.9 Å². The first kappa shape index (κ1) is 22.2. The lowest BCUT2D eigenvalue weighted by atomic mass is 9.87. The summed E-state index contributed by atoms with van der Waals surface area (Å²) in [7, 11) is 0. The van der Waals surface area contributed by atoms with Crippen molar-refractivity contribution in [2.24, 2.45) is 0 Å². The fourth-order valence-electron chi connectivity index (χ4n) is 2.70. The highest BCUT2D eigenvalue weighted by atomic mass is 35.5. The average molecular weight is 430 g/mol. The molecule has 1 N–H and O–H groups in total. The minimum absolute atomic E-state index is 0. The Morgan fingerprint density at radius 1 is 0.929 bits per heavy atom. The highest BCUT2D eigenvalue weighted by Crippen LogP contribution is 2.33. The van der Waals surface area contributed by atoms with E-state index in [2.05, 4.69) is 36.1 Å². The van der Waals surface area contributed by atoms with Crippen molar-refractivity contribution in [1.29, 1.82) is 0 Å². The fourth-order valence-corrected chi connectivity index (χ4v) is 2.82. The van der Waals surface area contributed by atoms with E-state index in [0.29, 0.717) is 11.2 Å². The predicted octanol–water partition coefficient (Wildman–Crippen LogP) is 6.85. The zero-order valence-electron chi connectivity index (χ0n) is 15.6. The quantitative estimate of drug-likeness (QED) is 0.462. The van der Waals surface area contributed by atoms with E-state index in [-0.39, 0.29) is 35.0 Å². The molecule has 0 aliphatic heterocycles. The second-order valence-electron chi connectivity index (χ2n) is 7.30. The Morgan fingerprint density at radius 2 is 1.54 bits per heavy atom. The van der Waals surface area contributed by atoms with Gasteiger partial charge in [-0.25, -0.2) is 9.97 Å². The van der Waals surface area contributed by atoms with Gasteiger partial charge in [-0.3, -0.25) is 0 Å². The zero-order valence-corrected chi connectivity index (χ0v) is 17.1. The number of halogens is 5. The smallest absolute Gasteiger partial charge is 0.340 e. The normalized spacial score (nSPS) is 12.0. The maximum Gasteiger partial charge on any atom is 0.416 e. The third-order valence-corrected chi connectivity index (χ3v) is 4.44. The Hall–Kier alpha value is -2.05. The van der Waals surface area contributed by atoms with E-state index in [4.69, 9.17) is 11.6 Å². The van der Waals surface area contributed by atoms with E-state index in [1.54, 1.807) is 0 Å². The Balaban J connectivity index is 0.00000280. The minimum atomic E-state index is -4.43. The monoisotopic (exact) mass is 429 g/mol. The van der Waals surface area contributed by atoms with E-state index >= 15 is 0 Å². The number of benzene rings is 2. The van der Waals surface area contributed by atoms with Crippen LogP contribution in [0.25, 0.3) is 10.9 Å². The van der Waals surface area contributed by atoms with E-state index in [1.807, 2.05) is 24.3 Å². The van der Waals surface area contributed by atoms with Crippen molar-refractivity contribution < 1.29 is 13.2 Å². The Bertz CT molecular complexity index is 965. The van der Waals surface area contributed by atoms with Crippen LogP contribution < -0.4 is 5.32 Å². The van der Waals surface area contributed by atoms with Crippen LogP contribution in [0.3, 0.4) is 0 Å². The van der Waals surface area contributed by atoms with Crippen molar-refractivity contribution in [2.75, 3.05) is 5.32 Å². The summed E-state index contributed by atoms with van der Waals surface area (Å²) in [6, 6.07) is 11.3. The molecular formula is C20H20Cl2F3N3. The van der Waals surface area contributed by atoms with Crippen LogP contribution in [0.2, 0.25) is 0 Å². The molecule has 8 heteroatoms. The number of nitrogens with one attached hydrogen (secondary N) is 1. The largest absolute Gasteiger partial charge is 0.416 e. The first-order valence-corrected chi connectivity index (χ1v) is 8.93. The molecule has 0 saturated carbocycles. The number of hydrogen-bond donors (Lipinski definition) is 1. The van der Waals surface area contributed by atoms with Crippen molar-refractivity contribution in [3.8, 4) is 0 Å². The SMILES string of the molecule is CC(C)(C)c1ccc(Nc2nc(CCl)nc3cc(C(F)(F)F)ccc23)cc1.Cl. The van der Waals surface area contributed by atoms with Gasteiger partial charge in [0, 0.05) is 11.1 Å². The number of aromatic nitrogens is 2. The predicted molar refractivity (Wildman–Crippen MR) is 110 cm³/mol. The van der Waals surface area contributed by atoms with Crippen molar-refractivity contribution >= 4 is 46.4 Å². The molecule has 3 rings (SSSR count). The second kappa shape index (κ2) is 8.13. The van der Waals surface area contributed by atoms with Crippen molar-refractivity contribution in [2.45, 2.75) is 38.2 Å². The molecule has 150 valence electrons. The lowest BCUT2D eigenvalue weighted by Gasteiger charge is -2.19. The number of alkyl halides is 4. The highest BCUT2D eigenvalue weighted by Gasteiger charge is 2.31. The van der Waals surface area contributed by atoms with Gasteiger partial charge in [0.1, 0.15) is 11.6 Å². The molecule has 2 aromatic carbocycles. The first-order chi connectivity index (χ1) is 12.6. The molecule has 1 heterocycles. The van der Waals surface area contributed by atoms with Crippen LogP contribution in [0.15, 0.2) is 42.5 Å². The number of rotatable bonds is 3. The summed E-state index contributed by atoms with van der Waals surface area (Å²) < 4.78 is 39.0. The Kier molecular flexibility index (Phi) is 6.46. The average Bonchev–Trinajstić information content (AvgIpc) is 2.60. The number of hydrogen-bond acceptors (Lipinski definition) is 3. The number of anilines is 2. The lowest BCUT2D eigenvalue weighted by Crippen LogP contribution is -2.10. The maximum atomic E-state index is 13.0. The molecule has 3 aromatic rings. The van der Waals surface area contributed by atoms with Crippen LogP contribution in [0.5, 0.6) is 0 Å². The molecule has 1 aromatic heterocycles. The van der Waals surface area contributed by atoms with Crippen molar-refractivity contribution in [3.63, 3.8) is 0 Å². The van der Waals surface area contributed by atoms with Gasteiger partial charge >= 0.3 is 6.18 Å². The Morgan fingerprint density at radius 3 is 2.07 bits per heavy atom. The van der Waals surface area contributed by atoms with Crippen LogP contribution in [0, 0.1) is 0 Å². The summed E-state index contributed by atoms with van der Waals surface area (Å²) >= 11 is 5.83. The van der Waals surface area contributed by atoms with Gasteiger partial charge in [-0.2, -0.15) is 13.2 Å². The van der Waals surface area contributed by atoms with Crippen LogP contribution in [-0.2, 0) is 17.5 Å². The van der Waals surface area contributed by atoms with E-state index in [9.17, 15) is 13.2 Å². The van der Waals surface area contributed by atoms with Crippen LogP contribution in [-0.4, -0.2) is 9.97 Å². The number of nitrogens with zero attached hydrogens (tertiary/aromatic N) is 2. The van der Waals surface area contributed by atoms with Crippen LogP contribution in [0.1, 0.15) is 37.7 Å². The summed E-state index contributed by atoms with van der Waals surface area (Å²) in [5.74, 6) is 0.689. The van der Waals surface area contributed by atoms with Crippen LogP contribution >= 0.6 is 24.0 Å². The van der Waals surface area contributed by atoms with Gasteiger partial charge in [0.15, 0.2) is 0 Å². The first-order valence-electron chi connectivity index (χ1n) is 8.39. The third kappa shape index (κ3) is 4.86. The van der Waals surface area contributed by atoms with Gasteiger partial charge < -0.3 is 5.32 Å². The highest BCUT2D eigenvalue weighted by molar-refractivity contribution is 6.16. The summed E-state index contributed by atoms with van der Waals surface area (Å²) in [5, 5.41) is 3.66. The summed E-state index contributed by atoms with van der Waals surface area (Å²) in [6.45, 7) is 6.37. The van der Waals surface area contributed by atoms with Gasteiger partial charge in [0.25, 0.3) is 0 Å². The molecule has 0 amide bonds. The zero-order chi connectivity index (χ0) is 19.8. The van der Waals surface area contributed by atoms with E-state index in [1.165, 1.54) is 11.6 Å².